The van der Waals surface area contributed by atoms with Crippen molar-refractivity contribution in [3.8, 4) is 5.69 Å². The van der Waals surface area contributed by atoms with Gasteiger partial charge >= 0.3 is 0 Å². The molecule has 29 heavy (non-hydrogen) atoms. The second-order valence-electron chi connectivity index (χ2n) is 7.89. The van der Waals surface area contributed by atoms with Crippen LogP contribution in [0.4, 0.5) is 4.39 Å². The molecular weight excluding hydrogens is 389 g/mol. The molecule has 6 nitrogen and oxygen atoms in total. The van der Waals surface area contributed by atoms with E-state index in [0.717, 1.165) is 18.1 Å². The van der Waals surface area contributed by atoms with Crippen molar-refractivity contribution in [1.29, 1.82) is 0 Å². The Morgan fingerprint density at radius 2 is 1.93 bits per heavy atom. The quantitative estimate of drug-likeness (QED) is 0.659. The fourth-order valence-corrected chi connectivity index (χ4v) is 4.33. The first-order valence-corrected chi connectivity index (χ1v) is 11.2. The lowest BCUT2D eigenvalue weighted by Crippen LogP contribution is -2.31. The van der Waals surface area contributed by atoms with E-state index in [-0.39, 0.29) is 23.5 Å². The number of aromatic nitrogens is 3. The molecule has 1 fully saturated rings. The highest BCUT2D eigenvalue weighted by Gasteiger charge is 2.22. The Hall–Kier alpha value is -1.93. The minimum absolute atomic E-state index is 0.0106. The summed E-state index contributed by atoms with van der Waals surface area (Å²) in [6.07, 6.45) is 6.26. The molecule has 1 N–H and O–H groups in total. The van der Waals surface area contributed by atoms with Gasteiger partial charge in [-0.2, -0.15) is 0 Å². The second kappa shape index (κ2) is 10.2. The van der Waals surface area contributed by atoms with Crippen LogP contribution >= 0.6 is 11.8 Å². The number of rotatable bonds is 8. The van der Waals surface area contributed by atoms with Crippen LogP contribution in [0, 0.1) is 11.7 Å². The first-order chi connectivity index (χ1) is 14.0. The van der Waals surface area contributed by atoms with Crippen molar-refractivity contribution >= 4 is 17.7 Å². The van der Waals surface area contributed by atoms with Gasteiger partial charge in [-0.25, -0.2) is 4.39 Å². The van der Waals surface area contributed by atoms with Crippen molar-refractivity contribution in [3.05, 3.63) is 35.9 Å². The summed E-state index contributed by atoms with van der Waals surface area (Å²) in [4.78, 5) is 14.4. The van der Waals surface area contributed by atoms with Gasteiger partial charge in [0.05, 0.1) is 11.8 Å². The number of nitrogens with zero attached hydrogens (tertiary/aromatic N) is 4. The molecule has 1 aliphatic carbocycles. The van der Waals surface area contributed by atoms with Crippen molar-refractivity contribution in [2.45, 2.75) is 50.2 Å². The largest absolute Gasteiger partial charge is 0.355 e. The van der Waals surface area contributed by atoms with Gasteiger partial charge in [-0.05, 0) is 64.0 Å². The van der Waals surface area contributed by atoms with Crippen LogP contribution in [0.15, 0.2) is 29.4 Å². The maximum absolute atomic E-state index is 13.4. The predicted molar refractivity (Wildman–Crippen MR) is 114 cm³/mol. The molecule has 1 aliphatic rings. The Kier molecular flexibility index (Phi) is 7.66. The predicted octanol–water partition coefficient (Wildman–Crippen LogP) is 3.82. The van der Waals surface area contributed by atoms with Crippen molar-refractivity contribution in [1.82, 2.24) is 25.0 Å². The van der Waals surface area contributed by atoms with Crippen LogP contribution in [0.25, 0.3) is 5.69 Å². The summed E-state index contributed by atoms with van der Waals surface area (Å²) in [6.45, 7) is 2.79. The van der Waals surface area contributed by atoms with E-state index < -0.39 is 0 Å². The third-order valence-corrected chi connectivity index (χ3v) is 6.47. The highest BCUT2D eigenvalue weighted by molar-refractivity contribution is 7.99. The van der Waals surface area contributed by atoms with E-state index in [4.69, 9.17) is 0 Å². The number of hydrogen-bond acceptors (Lipinski definition) is 5. The molecular formula is C21H30FN5OS. The average molecular weight is 420 g/mol. The smallest absolute Gasteiger partial charge is 0.230 e. The van der Waals surface area contributed by atoms with Crippen LogP contribution < -0.4 is 5.32 Å². The molecule has 1 heterocycles. The normalized spacial score (nSPS) is 16.2. The van der Waals surface area contributed by atoms with Gasteiger partial charge in [0, 0.05) is 12.2 Å². The number of hydrogen-bond donors (Lipinski definition) is 1. The van der Waals surface area contributed by atoms with Crippen LogP contribution in [-0.4, -0.2) is 52.0 Å². The van der Waals surface area contributed by atoms with Crippen LogP contribution in [0.5, 0.6) is 0 Å². The summed E-state index contributed by atoms with van der Waals surface area (Å²) in [6, 6.07) is 6.27. The molecule has 3 rings (SSSR count). The summed E-state index contributed by atoms with van der Waals surface area (Å²) in [5, 5.41) is 12.4. The zero-order chi connectivity index (χ0) is 20.8. The average Bonchev–Trinajstić information content (AvgIpc) is 3.15. The van der Waals surface area contributed by atoms with E-state index in [1.54, 1.807) is 12.1 Å². The Morgan fingerprint density at radius 1 is 1.24 bits per heavy atom. The fraction of sp³-hybridized carbons (Fsp3) is 0.571. The molecule has 1 aromatic carbocycles. The zero-order valence-corrected chi connectivity index (χ0v) is 18.2. The molecule has 1 amide bonds. The van der Waals surface area contributed by atoms with Gasteiger partial charge in [-0.1, -0.05) is 31.0 Å². The fourth-order valence-electron chi connectivity index (χ4n) is 3.54. The van der Waals surface area contributed by atoms with Gasteiger partial charge in [0.2, 0.25) is 5.91 Å². The molecule has 0 saturated heterocycles. The zero-order valence-electron chi connectivity index (χ0n) is 17.4. The third-order valence-electron chi connectivity index (χ3n) is 5.54. The first kappa shape index (κ1) is 21.8. The Bertz CT molecular complexity index is 802. The minimum atomic E-state index is -0.291. The Morgan fingerprint density at radius 3 is 2.59 bits per heavy atom. The van der Waals surface area contributed by atoms with Crippen molar-refractivity contribution in [3.63, 3.8) is 0 Å². The van der Waals surface area contributed by atoms with Crippen LogP contribution in [0.1, 0.15) is 50.9 Å². The molecule has 2 aromatic rings. The highest BCUT2D eigenvalue weighted by Crippen LogP contribution is 2.27. The van der Waals surface area contributed by atoms with Crippen LogP contribution in [0.2, 0.25) is 0 Å². The first-order valence-electron chi connectivity index (χ1n) is 10.2. The van der Waals surface area contributed by atoms with Gasteiger partial charge < -0.3 is 5.32 Å². The number of benzene rings is 1. The van der Waals surface area contributed by atoms with Crippen LogP contribution in [0.3, 0.4) is 0 Å². The molecule has 1 aromatic heterocycles. The Labute approximate surface area is 176 Å². The highest BCUT2D eigenvalue weighted by atomic mass is 32.2. The summed E-state index contributed by atoms with van der Waals surface area (Å²) in [5.74, 6) is 1.36. The van der Waals surface area contributed by atoms with Crippen molar-refractivity contribution < 1.29 is 9.18 Å². The number of amides is 1. The number of carbonyl (C=O) groups is 1. The Balaban J connectivity index is 1.69. The number of halogens is 1. The number of thioether (sulfide) groups is 1. The molecule has 158 valence electrons. The van der Waals surface area contributed by atoms with E-state index >= 15 is 0 Å². The lowest BCUT2D eigenvalue weighted by Gasteiger charge is -2.21. The lowest BCUT2D eigenvalue weighted by molar-refractivity contribution is -0.118. The van der Waals surface area contributed by atoms with Gasteiger partial charge in [0.1, 0.15) is 5.82 Å². The van der Waals surface area contributed by atoms with E-state index in [9.17, 15) is 9.18 Å². The summed E-state index contributed by atoms with van der Waals surface area (Å²) >= 11 is 1.36. The molecule has 0 radical (unpaired) electrons. The number of nitrogens with one attached hydrogen (secondary N) is 1. The van der Waals surface area contributed by atoms with Gasteiger partial charge in [0.25, 0.3) is 0 Å². The van der Waals surface area contributed by atoms with Crippen molar-refractivity contribution in [2.24, 2.45) is 5.92 Å². The topological polar surface area (TPSA) is 63.1 Å². The maximum Gasteiger partial charge on any atom is 0.230 e. The van der Waals surface area contributed by atoms with Gasteiger partial charge in [-0.3, -0.25) is 14.3 Å². The lowest BCUT2D eigenvalue weighted by atomic mass is 9.89. The minimum Gasteiger partial charge on any atom is -0.355 e. The summed E-state index contributed by atoms with van der Waals surface area (Å²) < 4.78 is 15.3. The van der Waals surface area contributed by atoms with Crippen molar-refractivity contribution in [2.75, 3.05) is 26.4 Å². The van der Waals surface area contributed by atoms with E-state index in [2.05, 4.69) is 15.5 Å². The molecule has 0 bridgehead atoms. The van der Waals surface area contributed by atoms with E-state index in [1.807, 2.05) is 30.5 Å². The molecule has 0 unspecified atom stereocenters. The van der Waals surface area contributed by atoms with E-state index in [1.165, 1.54) is 56.0 Å². The third kappa shape index (κ3) is 5.79. The summed E-state index contributed by atoms with van der Waals surface area (Å²) in [7, 11) is 3.94. The van der Waals surface area contributed by atoms with E-state index in [0.29, 0.717) is 11.1 Å². The molecule has 1 saturated carbocycles. The molecule has 8 heteroatoms. The van der Waals surface area contributed by atoms with Crippen LogP contribution in [-0.2, 0) is 4.79 Å². The van der Waals surface area contributed by atoms with Gasteiger partial charge in [0.15, 0.2) is 11.0 Å². The molecule has 1 atom stereocenters. The second-order valence-corrected chi connectivity index (χ2v) is 8.83. The monoisotopic (exact) mass is 419 g/mol. The SMILES string of the molecule is C[C@@H](c1nnc(SCC(=O)NCC2CCCCC2)n1-c1ccc(F)cc1)N(C)C. The number of carbonyl (C=O) groups excluding carboxylic acids is 1. The molecule has 0 aliphatic heterocycles. The molecule has 0 spiro atoms. The maximum atomic E-state index is 13.4. The summed E-state index contributed by atoms with van der Waals surface area (Å²) in [5.41, 5.74) is 0.783. The van der Waals surface area contributed by atoms with Gasteiger partial charge in [-0.15, -0.1) is 10.2 Å². The standard InChI is InChI=1S/C21H30FN5OS/c1-15(26(2)3)20-24-25-21(27(20)18-11-9-17(22)10-12-18)29-14-19(28)23-13-16-7-5-4-6-8-16/h9-12,15-16H,4-8,13-14H2,1-3H3,(H,23,28)/t15-/m0/s1.